The van der Waals surface area contributed by atoms with E-state index in [9.17, 15) is 14.7 Å². The molecule has 0 aromatic heterocycles. The van der Waals surface area contributed by atoms with Gasteiger partial charge in [-0.2, -0.15) is 0 Å². The summed E-state index contributed by atoms with van der Waals surface area (Å²) in [6, 6.07) is 34.5. The molecule has 1 saturated heterocycles. The van der Waals surface area contributed by atoms with Crippen LogP contribution < -0.4 is 5.32 Å². The first kappa shape index (κ1) is 33.0. The molecule has 1 aliphatic rings. The lowest BCUT2D eigenvalue weighted by Crippen LogP contribution is -2.37. The Morgan fingerprint density at radius 1 is 0.804 bits per heavy atom. The van der Waals surface area contributed by atoms with Crippen molar-refractivity contribution >= 4 is 11.9 Å². The summed E-state index contributed by atoms with van der Waals surface area (Å²) in [6.45, 7) is 1.95. The van der Waals surface area contributed by atoms with Crippen LogP contribution in [-0.2, 0) is 38.8 Å². The van der Waals surface area contributed by atoms with E-state index in [2.05, 4.69) is 53.7 Å². The number of ether oxygens (including phenoxy) is 2. The Hall–Kier alpha value is -4.34. The molecule has 8 heteroatoms. The summed E-state index contributed by atoms with van der Waals surface area (Å²) < 4.78 is 13.1. The van der Waals surface area contributed by atoms with Gasteiger partial charge in [-0.1, -0.05) is 97.1 Å². The van der Waals surface area contributed by atoms with Gasteiger partial charge in [0.15, 0.2) is 6.29 Å². The quantitative estimate of drug-likeness (QED) is 0.150. The highest BCUT2D eigenvalue weighted by molar-refractivity contribution is 5.76. The van der Waals surface area contributed by atoms with Crippen LogP contribution in [0.3, 0.4) is 0 Å². The molecule has 3 N–H and O–H groups in total. The number of aliphatic hydroxyl groups excluding tert-OH is 1. The van der Waals surface area contributed by atoms with Crippen molar-refractivity contribution in [1.82, 2.24) is 10.2 Å². The van der Waals surface area contributed by atoms with Gasteiger partial charge in [0, 0.05) is 44.5 Å². The Kier molecular flexibility index (Phi) is 11.7. The monoisotopic (exact) mass is 622 g/mol. The predicted octanol–water partition coefficient (Wildman–Crippen LogP) is 6.39. The highest BCUT2D eigenvalue weighted by Gasteiger charge is 2.32. The highest BCUT2D eigenvalue weighted by atomic mass is 16.7. The summed E-state index contributed by atoms with van der Waals surface area (Å²) in [7, 11) is 2.11. The Bertz CT molecular complexity index is 1560. The van der Waals surface area contributed by atoms with Crippen LogP contribution in [0.1, 0.15) is 65.9 Å². The minimum Gasteiger partial charge on any atom is -0.481 e. The highest BCUT2D eigenvalue weighted by Crippen LogP contribution is 2.38. The number of amides is 1. The standard InChI is InChI=1S/C38H42N2O6/c1-40(24-27-7-3-2-4-8-27)25-34-22-35(31-15-13-28(26-41)14-16-31)46-38(45-34)32-19-17-30(18-20-32)33-10-5-9-29(21-33)23-39-36(42)11-6-12-37(43)44/h2-5,7-10,13-21,34-35,38,41H,6,11-12,22-26H2,1H3,(H,39,42)(H,43,44). The van der Waals surface area contributed by atoms with Crippen LogP contribution in [0.25, 0.3) is 11.1 Å². The number of rotatable bonds is 14. The number of carboxylic acid groups (broad SMARTS) is 1. The molecule has 8 nitrogen and oxygen atoms in total. The van der Waals surface area contributed by atoms with Gasteiger partial charge in [0.25, 0.3) is 0 Å². The fourth-order valence-corrected chi connectivity index (χ4v) is 5.72. The zero-order valence-corrected chi connectivity index (χ0v) is 26.2. The van der Waals surface area contributed by atoms with Gasteiger partial charge < -0.3 is 25.0 Å². The fraction of sp³-hybridized carbons (Fsp3) is 0.316. The first-order valence-electron chi connectivity index (χ1n) is 15.8. The second-order valence-corrected chi connectivity index (χ2v) is 11.9. The molecule has 0 bridgehead atoms. The van der Waals surface area contributed by atoms with Gasteiger partial charge in [0.1, 0.15) is 0 Å². The zero-order valence-electron chi connectivity index (χ0n) is 26.2. The van der Waals surface area contributed by atoms with E-state index >= 15 is 0 Å². The van der Waals surface area contributed by atoms with Crippen LogP contribution in [0, 0.1) is 0 Å². The first-order valence-corrected chi connectivity index (χ1v) is 15.8. The molecule has 1 amide bonds. The summed E-state index contributed by atoms with van der Waals surface area (Å²) in [5, 5.41) is 21.2. The van der Waals surface area contributed by atoms with Gasteiger partial charge >= 0.3 is 5.97 Å². The SMILES string of the molecule is CN(Cc1ccccc1)CC1CC(c2ccc(CO)cc2)OC(c2ccc(-c3cccc(CNC(=O)CCCC(=O)O)c3)cc2)O1. The second-order valence-electron chi connectivity index (χ2n) is 11.9. The van der Waals surface area contributed by atoms with E-state index in [1.54, 1.807) is 0 Å². The number of nitrogens with one attached hydrogen (secondary N) is 1. The molecule has 0 spiro atoms. The largest absolute Gasteiger partial charge is 0.481 e. The van der Waals surface area contributed by atoms with Crippen molar-refractivity contribution < 1.29 is 29.3 Å². The third kappa shape index (κ3) is 9.58. The van der Waals surface area contributed by atoms with Crippen molar-refractivity contribution in [2.24, 2.45) is 0 Å². The first-order chi connectivity index (χ1) is 22.4. The topological polar surface area (TPSA) is 108 Å². The van der Waals surface area contributed by atoms with Crippen LogP contribution >= 0.6 is 0 Å². The molecule has 4 aromatic carbocycles. The maximum Gasteiger partial charge on any atom is 0.303 e. The molecule has 1 aliphatic heterocycles. The minimum absolute atomic E-state index is 0.00291. The molecule has 0 radical (unpaired) electrons. The molecule has 0 aliphatic carbocycles. The summed E-state index contributed by atoms with van der Waals surface area (Å²) in [5.41, 5.74) is 7.13. The fourth-order valence-electron chi connectivity index (χ4n) is 5.72. The smallest absolute Gasteiger partial charge is 0.303 e. The van der Waals surface area contributed by atoms with Gasteiger partial charge in [-0.15, -0.1) is 0 Å². The molecule has 3 unspecified atom stereocenters. The lowest BCUT2D eigenvalue weighted by atomic mass is 9.99. The van der Waals surface area contributed by atoms with Crippen molar-refractivity contribution in [2.75, 3.05) is 13.6 Å². The van der Waals surface area contributed by atoms with E-state index in [0.29, 0.717) is 13.0 Å². The van der Waals surface area contributed by atoms with Gasteiger partial charge in [0.2, 0.25) is 5.91 Å². The van der Waals surface area contributed by atoms with Gasteiger partial charge in [-0.25, -0.2) is 0 Å². The number of hydrogen-bond acceptors (Lipinski definition) is 6. The van der Waals surface area contributed by atoms with Crippen molar-refractivity contribution in [3.63, 3.8) is 0 Å². The Morgan fingerprint density at radius 3 is 2.24 bits per heavy atom. The second kappa shape index (κ2) is 16.3. The van der Waals surface area contributed by atoms with Crippen molar-refractivity contribution in [3.05, 3.63) is 131 Å². The lowest BCUT2D eigenvalue weighted by Gasteiger charge is -2.38. The van der Waals surface area contributed by atoms with Crippen LogP contribution in [-0.4, -0.2) is 46.7 Å². The number of hydrogen-bond donors (Lipinski definition) is 3. The molecule has 46 heavy (non-hydrogen) atoms. The summed E-state index contributed by atoms with van der Waals surface area (Å²) >= 11 is 0. The summed E-state index contributed by atoms with van der Waals surface area (Å²) in [4.78, 5) is 25.1. The van der Waals surface area contributed by atoms with Crippen LogP contribution in [0.5, 0.6) is 0 Å². The van der Waals surface area contributed by atoms with Gasteiger partial charge in [-0.3, -0.25) is 14.5 Å². The average molecular weight is 623 g/mol. The van der Waals surface area contributed by atoms with Gasteiger partial charge in [-0.05, 0) is 52.9 Å². The maximum absolute atomic E-state index is 12.1. The molecular formula is C38H42N2O6. The lowest BCUT2D eigenvalue weighted by molar-refractivity contribution is -0.252. The molecule has 0 saturated carbocycles. The molecular weight excluding hydrogens is 580 g/mol. The summed E-state index contributed by atoms with van der Waals surface area (Å²) in [6.07, 6.45) is 0.475. The minimum atomic E-state index is -0.896. The summed E-state index contributed by atoms with van der Waals surface area (Å²) in [5.74, 6) is -1.05. The molecule has 1 heterocycles. The van der Waals surface area contributed by atoms with Gasteiger partial charge in [0.05, 0.1) is 18.8 Å². The normalized spacial score (nSPS) is 17.9. The number of nitrogens with zero attached hydrogens (tertiary/aromatic N) is 1. The van der Waals surface area contributed by atoms with E-state index in [-0.39, 0.29) is 37.6 Å². The van der Waals surface area contributed by atoms with E-state index in [0.717, 1.165) is 52.9 Å². The Labute approximate surface area is 270 Å². The maximum atomic E-state index is 12.1. The molecule has 3 atom stereocenters. The van der Waals surface area contributed by atoms with Crippen molar-refractivity contribution in [3.8, 4) is 11.1 Å². The number of carbonyl (C=O) groups is 2. The third-order valence-corrected chi connectivity index (χ3v) is 8.15. The van der Waals surface area contributed by atoms with E-state index in [4.69, 9.17) is 14.6 Å². The molecule has 1 fully saturated rings. The number of carbonyl (C=O) groups excluding carboxylic acids is 1. The number of carboxylic acids is 1. The van der Waals surface area contributed by atoms with Crippen LogP contribution in [0.4, 0.5) is 0 Å². The number of aliphatic carboxylic acids is 1. The van der Waals surface area contributed by atoms with E-state index < -0.39 is 12.3 Å². The predicted molar refractivity (Wildman–Crippen MR) is 176 cm³/mol. The zero-order chi connectivity index (χ0) is 32.3. The third-order valence-electron chi connectivity index (χ3n) is 8.15. The van der Waals surface area contributed by atoms with E-state index in [1.165, 1.54) is 5.56 Å². The van der Waals surface area contributed by atoms with Crippen LogP contribution in [0.15, 0.2) is 103 Å². The average Bonchev–Trinajstić information content (AvgIpc) is 3.07. The number of aliphatic hydroxyl groups is 1. The Morgan fingerprint density at radius 2 is 1.52 bits per heavy atom. The van der Waals surface area contributed by atoms with Crippen molar-refractivity contribution in [2.45, 2.75) is 63.9 Å². The number of likely N-dealkylation sites (N-methyl/N-ethyl adjacent to an activating group) is 1. The number of benzene rings is 4. The van der Waals surface area contributed by atoms with E-state index in [1.807, 2.05) is 66.7 Å². The van der Waals surface area contributed by atoms with Crippen molar-refractivity contribution in [1.29, 1.82) is 0 Å². The van der Waals surface area contributed by atoms with Crippen LogP contribution in [0.2, 0.25) is 0 Å². The molecule has 240 valence electrons. The molecule has 5 rings (SSSR count). The Balaban J connectivity index is 1.26. The molecule has 4 aromatic rings.